The highest BCUT2D eigenvalue weighted by Crippen LogP contribution is 2.16. The highest BCUT2D eigenvalue weighted by molar-refractivity contribution is 7.89. The summed E-state index contributed by atoms with van der Waals surface area (Å²) in [6.45, 7) is 3.42. The minimum absolute atomic E-state index is 0.0229. The third-order valence-electron chi connectivity index (χ3n) is 2.69. The Hall–Kier alpha value is -1.44. The zero-order valence-corrected chi connectivity index (χ0v) is 13.1. The summed E-state index contributed by atoms with van der Waals surface area (Å²) in [6, 6.07) is 5.95. The van der Waals surface area contributed by atoms with E-state index in [0.29, 0.717) is 19.6 Å². The number of esters is 1. The van der Waals surface area contributed by atoms with E-state index in [4.69, 9.17) is 4.74 Å². The average Bonchev–Trinajstić information content (AvgIpc) is 2.50. The van der Waals surface area contributed by atoms with Gasteiger partial charge >= 0.3 is 5.97 Å². The smallest absolute Gasteiger partial charge is 0.339 e. The number of carbonyl (C=O) groups is 1. The molecular formula is C14H21NO5S. The summed E-state index contributed by atoms with van der Waals surface area (Å²) >= 11 is 0. The Morgan fingerprint density at radius 3 is 2.62 bits per heavy atom. The molecule has 21 heavy (non-hydrogen) atoms. The van der Waals surface area contributed by atoms with Gasteiger partial charge in [-0.25, -0.2) is 17.9 Å². The molecule has 0 atom stereocenters. The molecule has 0 fully saturated rings. The first-order valence-corrected chi connectivity index (χ1v) is 8.26. The molecule has 118 valence electrons. The van der Waals surface area contributed by atoms with Crippen molar-refractivity contribution >= 4 is 16.0 Å². The van der Waals surface area contributed by atoms with E-state index in [2.05, 4.69) is 9.46 Å². The predicted octanol–water partition coefficient (Wildman–Crippen LogP) is 1.57. The Labute approximate surface area is 125 Å². The first-order chi connectivity index (χ1) is 10.0. The van der Waals surface area contributed by atoms with Crippen LogP contribution < -0.4 is 4.72 Å². The average molecular weight is 315 g/mol. The second-order valence-corrected chi connectivity index (χ2v) is 6.09. The Bertz CT molecular complexity index is 556. The third kappa shape index (κ3) is 5.45. The van der Waals surface area contributed by atoms with Crippen molar-refractivity contribution in [2.45, 2.75) is 24.7 Å². The van der Waals surface area contributed by atoms with Crippen LogP contribution in [0.2, 0.25) is 0 Å². The highest BCUT2D eigenvalue weighted by Gasteiger charge is 2.21. The fourth-order valence-electron chi connectivity index (χ4n) is 1.68. The number of rotatable bonds is 9. The van der Waals surface area contributed by atoms with Gasteiger partial charge in [-0.05, 0) is 25.0 Å². The van der Waals surface area contributed by atoms with Crippen LogP contribution in [0.3, 0.4) is 0 Å². The minimum Gasteiger partial charge on any atom is -0.465 e. The molecule has 1 rings (SSSR count). The maximum atomic E-state index is 12.2. The molecule has 0 aliphatic rings. The van der Waals surface area contributed by atoms with Crippen molar-refractivity contribution in [3.8, 4) is 0 Å². The van der Waals surface area contributed by atoms with Gasteiger partial charge < -0.3 is 9.47 Å². The Morgan fingerprint density at radius 2 is 1.95 bits per heavy atom. The predicted molar refractivity (Wildman–Crippen MR) is 78.7 cm³/mol. The summed E-state index contributed by atoms with van der Waals surface area (Å²) in [6.07, 6.45) is 1.50. The Kier molecular flexibility index (Phi) is 7.35. The molecule has 0 bridgehead atoms. The van der Waals surface area contributed by atoms with Gasteiger partial charge in [-0.3, -0.25) is 0 Å². The van der Waals surface area contributed by atoms with Crippen LogP contribution in [0.4, 0.5) is 0 Å². The van der Waals surface area contributed by atoms with Crippen molar-refractivity contribution in [1.82, 2.24) is 4.72 Å². The number of sulfonamides is 1. The topological polar surface area (TPSA) is 81.7 Å². The molecule has 6 nitrogen and oxygen atoms in total. The van der Waals surface area contributed by atoms with Crippen LogP contribution in [0, 0.1) is 0 Å². The van der Waals surface area contributed by atoms with Crippen LogP contribution in [-0.4, -0.2) is 41.3 Å². The lowest BCUT2D eigenvalue weighted by atomic mass is 10.2. The van der Waals surface area contributed by atoms with E-state index in [9.17, 15) is 13.2 Å². The first kappa shape index (κ1) is 17.6. The van der Waals surface area contributed by atoms with Crippen LogP contribution in [0.1, 0.15) is 30.1 Å². The molecule has 0 radical (unpaired) electrons. The second-order valence-electron chi connectivity index (χ2n) is 4.35. The van der Waals surface area contributed by atoms with Crippen LogP contribution >= 0.6 is 0 Å². The lowest BCUT2D eigenvalue weighted by Crippen LogP contribution is -2.27. The lowest BCUT2D eigenvalue weighted by Gasteiger charge is -2.10. The van der Waals surface area contributed by atoms with Crippen molar-refractivity contribution < 1.29 is 22.7 Å². The number of hydrogen-bond acceptors (Lipinski definition) is 5. The maximum absolute atomic E-state index is 12.2. The summed E-state index contributed by atoms with van der Waals surface area (Å²) in [4.78, 5) is 11.5. The molecule has 0 amide bonds. The van der Waals surface area contributed by atoms with Crippen molar-refractivity contribution in [2.24, 2.45) is 0 Å². The van der Waals surface area contributed by atoms with Gasteiger partial charge in [0.1, 0.15) is 0 Å². The minimum atomic E-state index is -3.75. The monoisotopic (exact) mass is 315 g/mol. The SMILES string of the molecule is CCCOCCCNS(=O)(=O)c1ccccc1C(=O)OC. The molecule has 0 saturated carbocycles. The number of nitrogens with one attached hydrogen (secondary N) is 1. The maximum Gasteiger partial charge on any atom is 0.339 e. The molecule has 0 aliphatic heterocycles. The fraction of sp³-hybridized carbons (Fsp3) is 0.500. The summed E-state index contributed by atoms with van der Waals surface area (Å²) in [5.74, 6) is -0.678. The number of carbonyl (C=O) groups excluding carboxylic acids is 1. The Balaban J connectivity index is 2.68. The van der Waals surface area contributed by atoms with Crippen molar-refractivity contribution in [3.63, 3.8) is 0 Å². The molecule has 0 aromatic heterocycles. The summed E-state index contributed by atoms with van der Waals surface area (Å²) < 4.78 is 36.7. The van der Waals surface area contributed by atoms with Gasteiger partial charge in [-0.2, -0.15) is 0 Å². The van der Waals surface area contributed by atoms with E-state index < -0.39 is 16.0 Å². The third-order valence-corrected chi connectivity index (χ3v) is 4.21. The number of hydrogen-bond donors (Lipinski definition) is 1. The zero-order valence-electron chi connectivity index (χ0n) is 12.3. The molecule has 0 aliphatic carbocycles. The van der Waals surface area contributed by atoms with E-state index in [0.717, 1.165) is 6.42 Å². The quantitative estimate of drug-likeness (QED) is 0.552. The van der Waals surface area contributed by atoms with Crippen LogP contribution in [0.5, 0.6) is 0 Å². The molecule has 0 unspecified atom stereocenters. The highest BCUT2D eigenvalue weighted by atomic mass is 32.2. The first-order valence-electron chi connectivity index (χ1n) is 6.77. The van der Waals surface area contributed by atoms with Gasteiger partial charge in [-0.1, -0.05) is 19.1 Å². The number of benzene rings is 1. The van der Waals surface area contributed by atoms with Gasteiger partial charge in [0, 0.05) is 19.8 Å². The van der Waals surface area contributed by atoms with Crippen LogP contribution in [-0.2, 0) is 19.5 Å². The van der Waals surface area contributed by atoms with Gasteiger partial charge in [0.2, 0.25) is 10.0 Å². The lowest BCUT2D eigenvalue weighted by molar-refractivity contribution is 0.0596. The molecule has 1 N–H and O–H groups in total. The summed E-state index contributed by atoms with van der Waals surface area (Å²) in [5.41, 5.74) is 0.0229. The van der Waals surface area contributed by atoms with E-state index in [1.807, 2.05) is 6.92 Å². The summed E-state index contributed by atoms with van der Waals surface area (Å²) in [7, 11) is -2.53. The van der Waals surface area contributed by atoms with Crippen LogP contribution in [0.25, 0.3) is 0 Å². The Morgan fingerprint density at radius 1 is 1.24 bits per heavy atom. The van der Waals surface area contributed by atoms with Crippen LogP contribution in [0.15, 0.2) is 29.2 Å². The standard InChI is InChI=1S/C14H21NO5S/c1-3-10-20-11-6-9-15-21(17,18)13-8-5-4-7-12(13)14(16)19-2/h4-5,7-8,15H,3,6,9-11H2,1-2H3. The van der Waals surface area contributed by atoms with Crippen molar-refractivity contribution in [1.29, 1.82) is 0 Å². The second kappa shape index (κ2) is 8.76. The largest absolute Gasteiger partial charge is 0.465 e. The van der Waals surface area contributed by atoms with Crippen molar-refractivity contribution in [2.75, 3.05) is 26.9 Å². The summed E-state index contributed by atoms with van der Waals surface area (Å²) in [5, 5.41) is 0. The van der Waals surface area contributed by atoms with Gasteiger partial charge in [0.25, 0.3) is 0 Å². The molecular weight excluding hydrogens is 294 g/mol. The fourth-order valence-corrected chi connectivity index (χ4v) is 2.95. The van der Waals surface area contributed by atoms with E-state index in [-0.39, 0.29) is 17.0 Å². The molecule has 0 spiro atoms. The number of methoxy groups -OCH3 is 1. The van der Waals surface area contributed by atoms with E-state index in [1.54, 1.807) is 12.1 Å². The van der Waals surface area contributed by atoms with Gasteiger partial charge in [-0.15, -0.1) is 0 Å². The molecule has 1 aromatic carbocycles. The number of ether oxygens (including phenoxy) is 2. The molecule has 0 saturated heterocycles. The van der Waals surface area contributed by atoms with Gasteiger partial charge in [0.05, 0.1) is 17.6 Å². The van der Waals surface area contributed by atoms with E-state index >= 15 is 0 Å². The molecule has 0 heterocycles. The van der Waals surface area contributed by atoms with E-state index in [1.165, 1.54) is 19.2 Å². The normalized spacial score (nSPS) is 11.3. The van der Waals surface area contributed by atoms with Gasteiger partial charge in [0.15, 0.2) is 0 Å². The van der Waals surface area contributed by atoms with Crippen molar-refractivity contribution in [3.05, 3.63) is 29.8 Å². The zero-order chi connectivity index (χ0) is 15.7. The molecule has 1 aromatic rings. The molecule has 7 heteroatoms.